The maximum absolute atomic E-state index is 12.3. The van der Waals surface area contributed by atoms with Crippen molar-refractivity contribution in [3.05, 3.63) is 24.0 Å². The number of aromatic nitrogens is 1. The minimum Gasteiger partial charge on any atom is -0.489 e. The standard InChI is InChI=1S/C14H19NO3/c1-9(2)18-13-5-11(6-15-7-13)14(16)12-4-10(3)17-8-12/h5-7,9-10,12H,4,8H2,1-3H3. The Morgan fingerprint density at radius 1 is 1.50 bits per heavy atom. The summed E-state index contributed by atoms with van der Waals surface area (Å²) in [5.74, 6) is 0.694. The average Bonchev–Trinajstić information content (AvgIpc) is 2.74. The topological polar surface area (TPSA) is 48.4 Å². The zero-order valence-electron chi connectivity index (χ0n) is 11.1. The molecular weight excluding hydrogens is 230 g/mol. The molecule has 0 N–H and O–H groups in total. The Kier molecular flexibility index (Phi) is 3.97. The van der Waals surface area contributed by atoms with E-state index in [-0.39, 0.29) is 23.9 Å². The molecule has 2 unspecified atom stereocenters. The van der Waals surface area contributed by atoms with Gasteiger partial charge >= 0.3 is 0 Å². The van der Waals surface area contributed by atoms with Crippen LogP contribution in [0, 0.1) is 5.92 Å². The van der Waals surface area contributed by atoms with Crippen LogP contribution in [0.25, 0.3) is 0 Å². The maximum atomic E-state index is 12.3. The van der Waals surface area contributed by atoms with Crippen LogP contribution in [0.15, 0.2) is 18.5 Å². The molecule has 0 aliphatic carbocycles. The average molecular weight is 249 g/mol. The summed E-state index contributed by atoms with van der Waals surface area (Å²) in [7, 11) is 0. The van der Waals surface area contributed by atoms with Gasteiger partial charge in [0.25, 0.3) is 0 Å². The van der Waals surface area contributed by atoms with Crippen LogP contribution in [0.3, 0.4) is 0 Å². The highest BCUT2D eigenvalue weighted by Crippen LogP contribution is 2.24. The van der Waals surface area contributed by atoms with Gasteiger partial charge in [0, 0.05) is 17.7 Å². The van der Waals surface area contributed by atoms with Gasteiger partial charge in [0.1, 0.15) is 5.75 Å². The van der Waals surface area contributed by atoms with Gasteiger partial charge in [-0.1, -0.05) is 0 Å². The zero-order chi connectivity index (χ0) is 13.1. The number of nitrogens with zero attached hydrogens (tertiary/aromatic N) is 1. The van der Waals surface area contributed by atoms with Gasteiger partial charge in [-0.2, -0.15) is 0 Å². The van der Waals surface area contributed by atoms with Gasteiger partial charge in [0.15, 0.2) is 5.78 Å². The minimum atomic E-state index is -0.0453. The number of Topliss-reactive ketones (excluding diaryl/α,β-unsaturated/α-hetero) is 1. The van der Waals surface area contributed by atoms with Crippen molar-refractivity contribution in [1.29, 1.82) is 0 Å². The molecule has 0 spiro atoms. The SMILES string of the molecule is CC(C)Oc1cncc(C(=O)C2COC(C)C2)c1. The highest BCUT2D eigenvalue weighted by atomic mass is 16.5. The van der Waals surface area contributed by atoms with Crippen molar-refractivity contribution in [2.24, 2.45) is 5.92 Å². The third-order valence-electron chi connectivity index (χ3n) is 2.94. The van der Waals surface area contributed by atoms with Crippen LogP contribution in [0.4, 0.5) is 0 Å². The number of pyridine rings is 1. The number of ketones is 1. The summed E-state index contributed by atoms with van der Waals surface area (Å²) in [6.07, 6.45) is 4.26. The Morgan fingerprint density at radius 2 is 2.28 bits per heavy atom. The number of carbonyl (C=O) groups excluding carboxylic acids is 1. The number of ether oxygens (including phenoxy) is 2. The summed E-state index contributed by atoms with van der Waals surface area (Å²) in [6.45, 7) is 6.39. The second-order valence-corrected chi connectivity index (χ2v) is 5.02. The fraction of sp³-hybridized carbons (Fsp3) is 0.571. The molecule has 2 rings (SSSR count). The number of hydrogen-bond donors (Lipinski definition) is 0. The normalized spacial score (nSPS) is 23.3. The molecule has 1 fully saturated rings. The summed E-state index contributed by atoms with van der Waals surface area (Å²) in [6, 6.07) is 1.76. The van der Waals surface area contributed by atoms with Gasteiger partial charge in [0.05, 0.1) is 25.0 Å². The Balaban J connectivity index is 2.10. The van der Waals surface area contributed by atoms with Crippen molar-refractivity contribution in [3.8, 4) is 5.75 Å². The maximum Gasteiger partial charge on any atom is 0.170 e. The second kappa shape index (κ2) is 5.48. The predicted molar refractivity (Wildman–Crippen MR) is 67.9 cm³/mol. The summed E-state index contributed by atoms with van der Waals surface area (Å²) in [4.78, 5) is 16.3. The summed E-state index contributed by atoms with van der Waals surface area (Å²) < 4.78 is 11.0. The van der Waals surface area contributed by atoms with Crippen LogP contribution in [0.1, 0.15) is 37.6 Å². The van der Waals surface area contributed by atoms with Crippen LogP contribution in [0.5, 0.6) is 5.75 Å². The number of hydrogen-bond acceptors (Lipinski definition) is 4. The first-order valence-electron chi connectivity index (χ1n) is 6.33. The molecule has 0 aromatic carbocycles. The molecule has 0 bridgehead atoms. The van der Waals surface area contributed by atoms with Crippen LogP contribution in [-0.4, -0.2) is 29.6 Å². The molecule has 4 heteroatoms. The molecule has 0 saturated carbocycles. The largest absolute Gasteiger partial charge is 0.489 e. The lowest BCUT2D eigenvalue weighted by Crippen LogP contribution is -2.15. The van der Waals surface area contributed by atoms with E-state index in [4.69, 9.17) is 9.47 Å². The van der Waals surface area contributed by atoms with Gasteiger partial charge in [-0.25, -0.2) is 0 Å². The summed E-state index contributed by atoms with van der Waals surface area (Å²) in [5.41, 5.74) is 0.607. The molecule has 98 valence electrons. The Bertz CT molecular complexity index is 431. The van der Waals surface area contributed by atoms with Crippen molar-refractivity contribution in [1.82, 2.24) is 4.98 Å². The third-order valence-corrected chi connectivity index (χ3v) is 2.94. The van der Waals surface area contributed by atoms with E-state index in [1.807, 2.05) is 20.8 Å². The quantitative estimate of drug-likeness (QED) is 0.769. The van der Waals surface area contributed by atoms with E-state index in [1.165, 1.54) is 0 Å². The van der Waals surface area contributed by atoms with Crippen LogP contribution < -0.4 is 4.74 Å². The van der Waals surface area contributed by atoms with Crippen molar-refractivity contribution >= 4 is 5.78 Å². The van der Waals surface area contributed by atoms with E-state index in [9.17, 15) is 4.79 Å². The van der Waals surface area contributed by atoms with E-state index in [0.717, 1.165) is 6.42 Å². The third kappa shape index (κ3) is 3.07. The highest BCUT2D eigenvalue weighted by molar-refractivity contribution is 5.98. The lowest BCUT2D eigenvalue weighted by Gasteiger charge is -2.11. The molecular formula is C14H19NO3. The molecule has 1 aromatic rings. The predicted octanol–water partition coefficient (Wildman–Crippen LogP) is 2.48. The number of rotatable bonds is 4. The molecule has 2 atom stereocenters. The minimum absolute atomic E-state index is 0.0453. The monoisotopic (exact) mass is 249 g/mol. The van der Waals surface area contributed by atoms with Crippen molar-refractivity contribution in [2.45, 2.75) is 39.4 Å². The van der Waals surface area contributed by atoms with E-state index in [2.05, 4.69) is 4.98 Å². The molecule has 1 aliphatic heterocycles. The Labute approximate surface area is 107 Å². The first-order chi connectivity index (χ1) is 8.56. The van der Waals surface area contributed by atoms with Crippen LogP contribution in [-0.2, 0) is 4.74 Å². The van der Waals surface area contributed by atoms with Gasteiger partial charge in [-0.15, -0.1) is 0 Å². The molecule has 1 aliphatic rings. The molecule has 2 heterocycles. The highest BCUT2D eigenvalue weighted by Gasteiger charge is 2.29. The lowest BCUT2D eigenvalue weighted by atomic mass is 9.96. The van der Waals surface area contributed by atoms with E-state index in [0.29, 0.717) is 17.9 Å². The summed E-state index contributed by atoms with van der Waals surface area (Å²) >= 11 is 0. The molecule has 1 saturated heterocycles. The van der Waals surface area contributed by atoms with Gasteiger partial charge in [-0.3, -0.25) is 9.78 Å². The summed E-state index contributed by atoms with van der Waals surface area (Å²) in [5, 5.41) is 0. The fourth-order valence-corrected chi connectivity index (χ4v) is 2.13. The molecule has 4 nitrogen and oxygen atoms in total. The molecule has 1 aromatic heterocycles. The zero-order valence-corrected chi connectivity index (χ0v) is 11.1. The van der Waals surface area contributed by atoms with E-state index < -0.39 is 0 Å². The lowest BCUT2D eigenvalue weighted by molar-refractivity contribution is 0.0876. The Morgan fingerprint density at radius 3 is 2.89 bits per heavy atom. The fourth-order valence-electron chi connectivity index (χ4n) is 2.13. The first kappa shape index (κ1) is 13.0. The molecule has 0 radical (unpaired) electrons. The van der Waals surface area contributed by atoms with E-state index in [1.54, 1.807) is 18.5 Å². The van der Waals surface area contributed by atoms with Crippen molar-refractivity contribution in [2.75, 3.05) is 6.61 Å². The second-order valence-electron chi connectivity index (χ2n) is 5.02. The van der Waals surface area contributed by atoms with Gasteiger partial charge < -0.3 is 9.47 Å². The van der Waals surface area contributed by atoms with Crippen LogP contribution in [0.2, 0.25) is 0 Å². The van der Waals surface area contributed by atoms with Crippen LogP contribution >= 0.6 is 0 Å². The van der Waals surface area contributed by atoms with Crippen molar-refractivity contribution < 1.29 is 14.3 Å². The van der Waals surface area contributed by atoms with E-state index >= 15 is 0 Å². The van der Waals surface area contributed by atoms with Gasteiger partial charge in [0.2, 0.25) is 0 Å². The first-order valence-corrected chi connectivity index (χ1v) is 6.33. The smallest absolute Gasteiger partial charge is 0.170 e. The van der Waals surface area contributed by atoms with Gasteiger partial charge in [-0.05, 0) is 33.3 Å². The van der Waals surface area contributed by atoms with Crippen molar-refractivity contribution in [3.63, 3.8) is 0 Å². The molecule has 0 amide bonds. The molecule has 18 heavy (non-hydrogen) atoms. The Hall–Kier alpha value is -1.42. The number of carbonyl (C=O) groups is 1.